The minimum Gasteiger partial charge on any atom is -0.488 e. The van der Waals surface area contributed by atoms with Crippen LogP contribution in [0.2, 0.25) is 0 Å². The summed E-state index contributed by atoms with van der Waals surface area (Å²) in [5.74, 6) is 2.21. The van der Waals surface area contributed by atoms with Gasteiger partial charge < -0.3 is 14.6 Å². The van der Waals surface area contributed by atoms with Crippen LogP contribution in [0.25, 0.3) is 10.8 Å². The van der Waals surface area contributed by atoms with Gasteiger partial charge in [-0.05, 0) is 52.2 Å². The summed E-state index contributed by atoms with van der Waals surface area (Å²) in [6.07, 6.45) is 1.56. The number of benzene rings is 4. The fourth-order valence-corrected chi connectivity index (χ4v) is 6.92. The van der Waals surface area contributed by atoms with Crippen molar-refractivity contribution in [3.63, 3.8) is 0 Å². The minimum atomic E-state index is -0.974. The summed E-state index contributed by atoms with van der Waals surface area (Å²) in [6, 6.07) is 26.0. The predicted octanol–water partition coefficient (Wildman–Crippen LogP) is 6.12. The molecule has 0 aromatic heterocycles. The molecule has 0 bridgehead atoms. The zero-order valence-corrected chi connectivity index (χ0v) is 22.5. The van der Waals surface area contributed by atoms with Crippen molar-refractivity contribution in [3.05, 3.63) is 107 Å². The Kier molecular flexibility index (Phi) is 8.70. The van der Waals surface area contributed by atoms with E-state index in [0.717, 1.165) is 21.9 Å². The lowest BCUT2D eigenvalue weighted by Crippen LogP contribution is -2.24. The summed E-state index contributed by atoms with van der Waals surface area (Å²) in [6.45, 7) is 0.0883. The topological polar surface area (TPSA) is 97.2 Å². The van der Waals surface area contributed by atoms with E-state index in [1.807, 2.05) is 84.2 Å². The first-order chi connectivity index (χ1) is 19.1. The molecule has 9 heteroatoms. The Morgan fingerprint density at radius 2 is 1.67 bits per heavy atom. The van der Waals surface area contributed by atoms with E-state index in [9.17, 15) is 9.59 Å². The molecule has 0 radical (unpaired) electrons. The van der Waals surface area contributed by atoms with Gasteiger partial charge in [0.1, 0.15) is 18.1 Å². The smallest absolute Gasteiger partial charge is 0.335 e. The Balaban J connectivity index is 1.21. The molecule has 0 atom stereocenters. The van der Waals surface area contributed by atoms with Crippen LogP contribution in [0.4, 0.5) is 0 Å². The first-order valence-corrected chi connectivity index (χ1v) is 14.4. The van der Waals surface area contributed by atoms with E-state index in [-0.39, 0.29) is 24.7 Å². The molecule has 2 N–H and O–H groups in total. The molecule has 0 saturated carbocycles. The average Bonchev–Trinajstić information content (AvgIpc) is 3.51. The quantitative estimate of drug-likeness (QED) is 0.179. The van der Waals surface area contributed by atoms with Crippen LogP contribution in [-0.2, 0) is 11.4 Å². The highest BCUT2D eigenvalue weighted by Crippen LogP contribution is 2.45. The second kappa shape index (κ2) is 12.7. The molecule has 1 aliphatic heterocycles. The highest BCUT2D eigenvalue weighted by atomic mass is 32.2. The van der Waals surface area contributed by atoms with Crippen LogP contribution in [0.1, 0.15) is 31.6 Å². The number of carbonyl (C=O) groups excluding carboxylic acids is 1. The first-order valence-electron chi connectivity index (χ1n) is 12.3. The number of carboxylic acid groups (broad SMARTS) is 1. The first kappa shape index (κ1) is 26.6. The van der Waals surface area contributed by atoms with Crippen LogP contribution in [0, 0.1) is 0 Å². The van der Waals surface area contributed by atoms with Gasteiger partial charge in [-0.1, -0.05) is 54.6 Å². The van der Waals surface area contributed by atoms with Crippen molar-refractivity contribution >= 4 is 52.4 Å². The summed E-state index contributed by atoms with van der Waals surface area (Å²) in [5, 5.41) is 15.2. The molecule has 198 valence electrons. The minimum absolute atomic E-state index is 0.158. The Morgan fingerprint density at radius 1 is 0.923 bits per heavy atom. The Hall–Kier alpha value is -3.95. The van der Waals surface area contributed by atoms with Gasteiger partial charge in [0.2, 0.25) is 0 Å². The molecule has 4 aromatic carbocycles. The summed E-state index contributed by atoms with van der Waals surface area (Å²) in [7, 11) is 0. The highest BCUT2D eigenvalue weighted by molar-refractivity contribution is 8.19. The molecule has 1 amide bonds. The van der Waals surface area contributed by atoms with Gasteiger partial charge in [-0.15, -0.1) is 23.5 Å². The fourth-order valence-electron chi connectivity index (χ4n) is 4.06. The molecule has 7 nitrogen and oxygen atoms in total. The summed E-state index contributed by atoms with van der Waals surface area (Å²) in [5.41, 5.74) is 5.55. The molecule has 1 fully saturated rings. The SMILES string of the molecule is O=C(COc1ccc(C2SCCS2)cc1)N/N=C\c1c(OCc2ccc(C(=O)O)cc2)ccc2ccccc12. The largest absolute Gasteiger partial charge is 0.488 e. The van der Waals surface area contributed by atoms with E-state index in [1.54, 1.807) is 30.5 Å². The zero-order chi connectivity index (χ0) is 27.0. The number of hydrazone groups is 1. The van der Waals surface area contributed by atoms with Crippen LogP contribution in [0.5, 0.6) is 11.5 Å². The lowest BCUT2D eigenvalue weighted by atomic mass is 10.0. The van der Waals surface area contributed by atoms with Crippen molar-refractivity contribution < 1.29 is 24.2 Å². The van der Waals surface area contributed by atoms with Crippen molar-refractivity contribution in [2.45, 2.75) is 11.2 Å². The Morgan fingerprint density at radius 3 is 2.41 bits per heavy atom. The number of aromatic carboxylic acids is 1. The van der Waals surface area contributed by atoms with Gasteiger partial charge in [-0.25, -0.2) is 10.2 Å². The zero-order valence-electron chi connectivity index (χ0n) is 20.9. The maximum atomic E-state index is 12.4. The Bertz CT molecular complexity index is 1480. The third kappa shape index (κ3) is 6.93. The number of amides is 1. The number of thioether (sulfide) groups is 2. The normalized spacial score (nSPS) is 13.5. The summed E-state index contributed by atoms with van der Waals surface area (Å²) < 4.78 is 12.2. The van der Waals surface area contributed by atoms with E-state index in [4.69, 9.17) is 14.6 Å². The standard InChI is InChI=1S/C30H26N2O5S2/c33-28(19-36-24-12-9-23(10-13-24)30-38-15-16-39-30)32-31-17-26-25-4-2-1-3-21(25)11-14-27(26)37-18-20-5-7-22(8-6-20)29(34)35/h1-14,17,30H,15-16,18-19H2,(H,32,33)(H,34,35)/b31-17-. The number of carboxylic acids is 1. The third-order valence-electron chi connectivity index (χ3n) is 6.05. The Labute approximate surface area is 234 Å². The van der Waals surface area contributed by atoms with Gasteiger partial charge in [0.05, 0.1) is 16.4 Å². The van der Waals surface area contributed by atoms with Crippen molar-refractivity contribution in [1.29, 1.82) is 0 Å². The van der Waals surface area contributed by atoms with Gasteiger partial charge >= 0.3 is 5.97 Å². The van der Waals surface area contributed by atoms with E-state index in [1.165, 1.54) is 17.1 Å². The average molecular weight is 559 g/mol. The molecule has 39 heavy (non-hydrogen) atoms. The maximum absolute atomic E-state index is 12.4. The lowest BCUT2D eigenvalue weighted by Gasteiger charge is -2.12. The monoisotopic (exact) mass is 558 g/mol. The van der Waals surface area contributed by atoms with Gasteiger partial charge in [0.25, 0.3) is 5.91 Å². The molecule has 1 saturated heterocycles. The number of hydrogen-bond donors (Lipinski definition) is 2. The number of fused-ring (bicyclic) bond motifs is 1. The summed E-state index contributed by atoms with van der Waals surface area (Å²) >= 11 is 3.89. The van der Waals surface area contributed by atoms with Crippen LogP contribution in [0.15, 0.2) is 90.0 Å². The van der Waals surface area contributed by atoms with E-state index < -0.39 is 5.97 Å². The number of nitrogens with one attached hydrogen (secondary N) is 1. The molecular weight excluding hydrogens is 532 g/mol. The predicted molar refractivity (Wildman–Crippen MR) is 157 cm³/mol. The van der Waals surface area contributed by atoms with Crippen LogP contribution >= 0.6 is 23.5 Å². The fraction of sp³-hybridized carbons (Fsp3) is 0.167. The van der Waals surface area contributed by atoms with Crippen molar-refractivity contribution in [3.8, 4) is 11.5 Å². The number of hydrogen-bond acceptors (Lipinski definition) is 7. The number of nitrogens with zero attached hydrogens (tertiary/aromatic N) is 1. The molecule has 4 aromatic rings. The maximum Gasteiger partial charge on any atom is 0.335 e. The molecule has 5 rings (SSSR count). The van der Waals surface area contributed by atoms with E-state index in [2.05, 4.69) is 10.5 Å². The van der Waals surface area contributed by atoms with Gasteiger partial charge in [-0.2, -0.15) is 5.10 Å². The number of rotatable bonds is 10. The van der Waals surface area contributed by atoms with Crippen LogP contribution < -0.4 is 14.9 Å². The van der Waals surface area contributed by atoms with Gasteiger partial charge in [0.15, 0.2) is 6.61 Å². The number of carbonyl (C=O) groups is 2. The van der Waals surface area contributed by atoms with E-state index >= 15 is 0 Å². The van der Waals surface area contributed by atoms with Crippen molar-refractivity contribution in [2.24, 2.45) is 5.10 Å². The van der Waals surface area contributed by atoms with Crippen LogP contribution in [-0.4, -0.2) is 41.3 Å². The third-order valence-corrected chi connectivity index (χ3v) is 9.16. The van der Waals surface area contributed by atoms with Crippen LogP contribution in [0.3, 0.4) is 0 Å². The highest BCUT2D eigenvalue weighted by Gasteiger charge is 2.18. The molecule has 0 aliphatic carbocycles. The van der Waals surface area contributed by atoms with Crippen molar-refractivity contribution in [1.82, 2.24) is 5.43 Å². The van der Waals surface area contributed by atoms with Gasteiger partial charge in [0, 0.05) is 17.1 Å². The molecule has 1 aliphatic rings. The van der Waals surface area contributed by atoms with Crippen molar-refractivity contribution in [2.75, 3.05) is 18.1 Å². The molecule has 1 heterocycles. The second-order valence-corrected chi connectivity index (χ2v) is 11.4. The number of ether oxygens (including phenoxy) is 2. The second-order valence-electron chi connectivity index (χ2n) is 8.71. The summed E-state index contributed by atoms with van der Waals surface area (Å²) in [4.78, 5) is 23.5. The van der Waals surface area contributed by atoms with E-state index in [0.29, 0.717) is 16.1 Å². The molecular formula is C30H26N2O5S2. The molecule has 0 unspecified atom stereocenters. The molecule has 0 spiro atoms. The lowest BCUT2D eigenvalue weighted by molar-refractivity contribution is -0.123. The van der Waals surface area contributed by atoms with Gasteiger partial charge in [-0.3, -0.25) is 4.79 Å².